The summed E-state index contributed by atoms with van der Waals surface area (Å²) in [6, 6.07) is 18.4. The van der Waals surface area contributed by atoms with Crippen LogP contribution < -0.4 is 15.5 Å². The Morgan fingerprint density at radius 3 is 2.23 bits per heavy atom. The van der Waals surface area contributed by atoms with Crippen molar-refractivity contribution in [2.75, 3.05) is 0 Å². The number of hydrogen-bond donors (Lipinski definition) is 2. The van der Waals surface area contributed by atoms with Crippen molar-refractivity contribution in [2.45, 2.75) is 26.5 Å². The molecule has 0 radical (unpaired) electrons. The maximum absolute atomic E-state index is 12.7. The lowest BCUT2D eigenvalue weighted by Gasteiger charge is -2.20. The van der Waals surface area contributed by atoms with Crippen molar-refractivity contribution >= 4 is 52.8 Å². The molecule has 0 bridgehead atoms. The largest absolute Gasteiger partial charge is 0.489 e. The third-order valence-electron chi connectivity index (χ3n) is 5.00. The molecule has 0 heterocycles. The summed E-state index contributed by atoms with van der Waals surface area (Å²) in [5.74, 6) is -0.404. The average molecular weight is 533 g/mol. The van der Waals surface area contributed by atoms with E-state index in [4.69, 9.17) is 39.5 Å². The smallest absolute Gasteiger partial charge is 0.262 e. The van der Waals surface area contributed by atoms with E-state index in [-0.39, 0.29) is 16.5 Å². The molecule has 35 heavy (non-hydrogen) atoms. The molecule has 2 amide bonds. The number of halogens is 3. The van der Waals surface area contributed by atoms with Gasteiger partial charge in [-0.2, -0.15) is 5.10 Å². The van der Waals surface area contributed by atoms with Crippen LogP contribution in [-0.4, -0.2) is 24.1 Å². The van der Waals surface area contributed by atoms with E-state index >= 15 is 0 Å². The molecule has 1 unspecified atom stereocenters. The van der Waals surface area contributed by atoms with Gasteiger partial charge in [0.25, 0.3) is 11.8 Å². The number of hydrogen-bond acceptors (Lipinski definition) is 4. The first-order chi connectivity index (χ1) is 16.7. The molecule has 0 saturated heterocycles. The first-order valence-corrected chi connectivity index (χ1v) is 11.9. The summed E-state index contributed by atoms with van der Waals surface area (Å²) in [6.07, 6.45) is 1.51. The van der Waals surface area contributed by atoms with E-state index in [0.29, 0.717) is 22.4 Å². The van der Waals surface area contributed by atoms with Crippen LogP contribution in [0.15, 0.2) is 71.8 Å². The van der Waals surface area contributed by atoms with Crippen LogP contribution in [-0.2, 0) is 11.4 Å². The van der Waals surface area contributed by atoms with Crippen LogP contribution >= 0.6 is 34.8 Å². The van der Waals surface area contributed by atoms with Gasteiger partial charge in [0, 0.05) is 10.0 Å². The molecule has 3 aromatic carbocycles. The summed E-state index contributed by atoms with van der Waals surface area (Å²) in [6.45, 7) is 4.06. The number of benzene rings is 3. The third-order valence-corrected chi connectivity index (χ3v) is 5.80. The second-order valence-electron chi connectivity index (χ2n) is 8.04. The van der Waals surface area contributed by atoms with E-state index in [0.717, 1.165) is 11.1 Å². The lowest BCUT2D eigenvalue weighted by Crippen LogP contribution is -2.48. The summed E-state index contributed by atoms with van der Waals surface area (Å²) < 4.78 is 5.76. The van der Waals surface area contributed by atoms with E-state index in [1.807, 2.05) is 62.4 Å². The Labute approximate surface area is 219 Å². The van der Waals surface area contributed by atoms with Gasteiger partial charge in [-0.3, -0.25) is 9.59 Å². The zero-order valence-corrected chi connectivity index (χ0v) is 21.4. The van der Waals surface area contributed by atoms with Gasteiger partial charge < -0.3 is 10.1 Å². The quantitative estimate of drug-likeness (QED) is 0.257. The number of carbonyl (C=O) groups excluding carboxylic acids is 2. The molecule has 0 aliphatic carbocycles. The van der Waals surface area contributed by atoms with Crippen LogP contribution in [0, 0.1) is 5.92 Å². The fraction of sp³-hybridized carbons (Fsp3) is 0.192. The first kappa shape index (κ1) is 26.5. The highest BCUT2D eigenvalue weighted by Crippen LogP contribution is 2.21. The molecule has 3 rings (SSSR count). The van der Waals surface area contributed by atoms with E-state index in [1.54, 1.807) is 6.07 Å². The molecule has 9 heteroatoms. The van der Waals surface area contributed by atoms with Crippen molar-refractivity contribution in [1.29, 1.82) is 0 Å². The Morgan fingerprint density at radius 2 is 1.60 bits per heavy atom. The van der Waals surface area contributed by atoms with Crippen molar-refractivity contribution in [3.05, 3.63) is 98.5 Å². The molecule has 0 saturated carbocycles. The van der Waals surface area contributed by atoms with E-state index in [9.17, 15) is 9.59 Å². The topological polar surface area (TPSA) is 79.8 Å². The Balaban J connectivity index is 1.54. The molecular formula is C26H24Cl3N3O3. The van der Waals surface area contributed by atoms with Gasteiger partial charge in [-0.25, -0.2) is 5.43 Å². The summed E-state index contributed by atoms with van der Waals surface area (Å²) in [7, 11) is 0. The number of rotatable bonds is 9. The van der Waals surface area contributed by atoms with Crippen molar-refractivity contribution in [2.24, 2.45) is 11.0 Å². The summed E-state index contributed by atoms with van der Waals surface area (Å²) in [4.78, 5) is 25.3. The van der Waals surface area contributed by atoms with Gasteiger partial charge in [0.1, 0.15) is 18.4 Å². The lowest BCUT2D eigenvalue weighted by atomic mass is 10.0. The molecule has 1 atom stereocenters. The minimum absolute atomic E-state index is 0.183. The summed E-state index contributed by atoms with van der Waals surface area (Å²) >= 11 is 17.9. The van der Waals surface area contributed by atoms with Gasteiger partial charge in [0.05, 0.1) is 16.8 Å². The lowest BCUT2D eigenvalue weighted by molar-refractivity contribution is -0.123. The second kappa shape index (κ2) is 12.6. The maximum Gasteiger partial charge on any atom is 0.262 e. The molecular weight excluding hydrogens is 509 g/mol. The van der Waals surface area contributed by atoms with Gasteiger partial charge in [0.15, 0.2) is 0 Å². The molecule has 3 aromatic rings. The fourth-order valence-electron chi connectivity index (χ4n) is 3.06. The Kier molecular flexibility index (Phi) is 9.55. The van der Waals surface area contributed by atoms with Crippen molar-refractivity contribution < 1.29 is 14.3 Å². The van der Waals surface area contributed by atoms with Gasteiger partial charge in [-0.15, -0.1) is 0 Å². The minimum atomic E-state index is -0.810. The van der Waals surface area contributed by atoms with Gasteiger partial charge in [-0.05, 0) is 71.6 Å². The number of nitrogens with zero attached hydrogens (tertiary/aromatic N) is 1. The highest BCUT2D eigenvalue weighted by molar-refractivity contribution is 6.36. The zero-order chi connectivity index (χ0) is 25.4. The van der Waals surface area contributed by atoms with Crippen LogP contribution in [0.5, 0.6) is 5.75 Å². The van der Waals surface area contributed by atoms with Gasteiger partial charge in [-0.1, -0.05) is 60.8 Å². The molecule has 2 N–H and O–H groups in total. The van der Waals surface area contributed by atoms with Crippen molar-refractivity contribution in [3.8, 4) is 5.75 Å². The van der Waals surface area contributed by atoms with Crippen LogP contribution in [0.1, 0.15) is 35.3 Å². The summed E-state index contributed by atoms with van der Waals surface area (Å²) in [5.41, 5.74) is 4.48. The minimum Gasteiger partial charge on any atom is -0.489 e. The Bertz CT molecular complexity index is 1200. The number of carbonyl (C=O) groups is 2. The monoisotopic (exact) mass is 531 g/mol. The summed E-state index contributed by atoms with van der Waals surface area (Å²) in [5, 5.41) is 8.02. The van der Waals surface area contributed by atoms with Crippen LogP contribution in [0.2, 0.25) is 15.1 Å². The van der Waals surface area contributed by atoms with Crippen molar-refractivity contribution in [1.82, 2.24) is 10.7 Å². The molecule has 6 nitrogen and oxygen atoms in total. The molecule has 0 aromatic heterocycles. The predicted octanol–water partition coefficient (Wildman–Crippen LogP) is 6.13. The number of amides is 2. The average Bonchev–Trinajstić information content (AvgIpc) is 2.82. The van der Waals surface area contributed by atoms with Crippen LogP contribution in [0.4, 0.5) is 0 Å². The third kappa shape index (κ3) is 7.99. The van der Waals surface area contributed by atoms with Crippen LogP contribution in [0.3, 0.4) is 0 Å². The SMILES string of the molecule is CC(C)C(NC(=O)c1ccc(Cl)cc1Cl)C(=O)NN=Cc1ccc(OCc2ccc(Cl)cc2)cc1. The first-order valence-electron chi connectivity index (χ1n) is 10.8. The van der Waals surface area contributed by atoms with E-state index in [2.05, 4.69) is 15.8 Å². The molecule has 0 aliphatic rings. The second-order valence-corrected chi connectivity index (χ2v) is 9.32. The number of nitrogens with one attached hydrogen (secondary N) is 2. The highest BCUT2D eigenvalue weighted by Gasteiger charge is 2.25. The van der Waals surface area contributed by atoms with Crippen LogP contribution in [0.25, 0.3) is 0 Å². The zero-order valence-electron chi connectivity index (χ0n) is 19.1. The standard InChI is InChI=1S/C26H24Cl3N3O3/c1-16(2)24(31-25(33)22-12-9-20(28)13-23(22)29)26(34)32-30-14-17-5-10-21(11-6-17)35-15-18-3-7-19(27)8-4-18/h3-14,16,24H,15H2,1-2H3,(H,31,33)(H,32,34). The Morgan fingerprint density at radius 1 is 0.943 bits per heavy atom. The van der Waals surface area contributed by atoms with Gasteiger partial charge in [0.2, 0.25) is 0 Å². The Hall–Kier alpha value is -3.06. The molecule has 182 valence electrons. The van der Waals surface area contributed by atoms with E-state index in [1.165, 1.54) is 18.3 Å². The normalized spacial score (nSPS) is 11.9. The number of hydrazone groups is 1. The maximum atomic E-state index is 12.7. The van der Waals surface area contributed by atoms with E-state index < -0.39 is 17.9 Å². The predicted molar refractivity (Wildman–Crippen MR) is 141 cm³/mol. The highest BCUT2D eigenvalue weighted by atomic mass is 35.5. The molecule has 0 fully saturated rings. The molecule has 0 aliphatic heterocycles. The number of ether oxygens (including phenoxy) is 1. The van der Waals surface area contributed by atoms with Gasteiger partial charge >= 0.3 is 0 Å². The van der Waals surface area contributed by atoms with Crippen molar-refractivity contribution in [3.63, 3.8) is 0 Å². The fourth-order valence-corrected chi connectivity index (χ4v) is 3.69. The molecule has 0 spiro atoms.